The van der Waals surface area contributed by atoms with Crippen molar-refractivity contribution < 1.29 is 4.74 Å². The van der Waals surface area contributed by atoms with Crippen molar-refractivity contribution in [2.75, 3.05) is 6.61 Å². The fourth-order valence-electron chi connectivity index (χ4n) is 3.53. The molecule has 0 aliphatic heterocycles. The summed E-state index contributed by atoms with van der Waals surface area (Å²) in [4.78, 5) is 0. The van der Waals surface area contributed by atoms with Crippen molar-refractivity contribution >= 4 is 0 Å². The van der Waals surface area contributed by atoms with Gasteiger partial charge in [0.05, 0.1) is 6.61 Å². The van der Waals surface area contributed by atoms with Crippen LogP contribution in [0, 0.1) is 11.8 Å². The summed E-state index contributed by atoms with van der Waals surface area (Å²) in [5.74, 6) is 1.70. The Morgan fingerprint density at radius 3 is 2.39 bits per heavy atom. The van der Waals surface area contributed by atoms with Crippen molar-refractivity contribution in [3.05, 3.63) is 48.0 Å². The van der Waals surface area contributed by atoms with E-state index in [1.54, 1.807) is 0 Å². The molecule has 0 heterocycles. The van der Waals surface area contributed by atoms with Crippen LogP contribution >= 0.6 is 0 Å². The molecule has 128 valence electrons. The van der Waals surface area contributed by atoms with Gasteiger partial charge in [0.25, 0.3) is 0 Å². The van der Waals surface area contributed by atoms with Crippen molar-refractivity contribution in [1.82, 2.24) is 0 Å². The van der Waals surface area contributed by atoms with E-state index in [1.165, 1.54) is 68.9 Å². The van der Waals surface area contributed by atoms with Crippen LogP contribution in [0.3, 0.4) is 0 Å². The van der Waals surface area contributed by atoms with Gasteiger partial charge in [0.1, 0.15) is 0 Å². The smallest absolute Gasteiger partial charge is 0.0716 e. The van der Waals surface area contributed by atoms with E-state index in [9.17, 15) is 0 Å². The first-order chi connectivity index (χ1) is 11.3. The first kappa shape index (κ1) is 18.3. The number of ether oxygens (including phenoxy) is 1. The lowest BCUT2D eigenvalue weighted by Gasteiger charge is -2.26. The summed E-state index contributed by atoms with van der Waals surface area (Å²) in [6.07, 6.45) is 13.9. The second-order valence-corrected chi connectivity index (χ2v) is 7.13. The molecule has 0 saturated heterocycles. The molecule has 0 aromatic heterocycles. The monoisotopic (exact) mass is 314 g/mol. The summed E-state index contributed by atoms with van der Waals surface area (Å²) < 4.78 is 5.73. The van der Waals surface area contributed by atoms with Gasteiger partial charge in [-0.3, -0.25) is 0 Å². The van der Waals surface area contributed by atoms with E-state index in [1.807, 2.05) is 0 Å². The van der Waals surface area contributed by atoms with E-state index in [4.69, 9.17) is 4.74 Å². The van der Waals surface area contributed by atoms with Crippen molar-refractivity contribution in [3.63, 3.8) is 0 Å². The highest BCUT2D eigenvalue weighted by atomic mass is 16.5. The zero-order valence-electron chi connectivity index (χ0n) is 14.9. The lowest BCUT2D eigenvalue weighted by Crippen LogP contribution is -2.13. The minimum absolute atomic E-state index is 0.759. The van der Waals surface area contributed by atoms with E-state index >= 15 is 0 Å². The Morgan fingerprint density at radius 1 is 1.04 bits per heavy atom. The number of hydrogen-bond acceptors (Lipinski definition) is 1. The van der Waals surface area contributed by atoms with Crippen molar-refractivity contribution in [3.8, 4) is 0 Å². The van der Waals surface area contributed by atoms with Crippen molar-refractivity contribution in [1.29, 1.82) is 0 Å². The first-order valence-corrected chi connectivity index (χ1v) is 9.60. The van der Waals surface area contributed by atoms with Gasteiger partial charge < -0.3 is 4.74 Å². The molecule has 23 heavy (non-hydrogen) atoms. The predicted molar refractivity (Wildman–Crippen MR) is 99.6 cm³/mol. The highest BCUT2D eigenvalue weighted by molar-refractivity contribution is 5.22. The van der Waals surface area contributed by atoms with Gasteiger partial charge in [-0.25, -0.2) is 0 Å². The number of benzene rings is 1. The second-order valence-electron chi connectivity index (χ2n) is 7.13. The number of unbranched alkanes of at least 4 members (excludes halogenated alkanes) is 2. The van der Waals surface area contributed by atoms with E-state index in [2.05, 4.69) is 43.8 Å². The first-order valence-electron chi connectivity index (χ1n) is 9.60. The van der Waals surface area contributed by atoms with Gasteiger partial charge in [-0.1, -0.05) is 50.1 Å². The molecule has 1 saturated carbocycles. The molecule has 0 radical (unpaired) electrons. The van der Waals surface area contributed by atoms with E-state index in [-0.39, 0.29) is 0 Å². The Kier molecular flexibility index (Phi) is 8.46. The van der Waals surface area contributed by atoms with E-state index in [0.29, 0.717) is 0 Å². The summed E-state index contributed by atoms with van der Waals surface area (Å²) in [6.45, 7) is 7.81. The summed E-state index contributed by atoms with van der Waals surface area (Å²) in [5, 5.41) is 0. The molecule has 1 aromatic carbocycles. The minimum Gasteiger partial charge on any atom is -0.377 e. The molecule has 0 atom stereocenters. The molecule has 1 heteroatoms. The largest absolute Gasteiger partial charge is 0.377 e. The Morgan fingerprint density at radius 2 is 1.74 bits per heavy atom. The minimum atomic E-state index is 0.759. The standard InChI is InChI=1S/C22H34O/c1-3-5-6-17-23-18-22-15-13-21(14-16-22)12-11-20-9-7-19(4-2)8-10-20/h4,13-16,19-20H,2-3,5-12,17-18H2,1H3/t19-,20-. The average molecular weight is 315 g/mol. The summed E-state index contributed by atoms with van der Waals surface area (Å²) in [6, 6.07) is 9.06. The number of aryl methyl sites for hydroxylation is 1. The third-order valence-electron chi connectivity index (χ3n) is 5.25. The predicted octanol–water partition coefficient (Wildman–Crippen LogP) is 6.32. The third-order valence-corrected chi connectivity index (χ3v) is 5.25. The van der Waals surface area contributed by atoms with Crippen molar-refractivity contribution in [2.45, 2.75) is 71.3 Å². The molecule has 1 fully saturated rings. The molecule has 0 bridgehead atoms. The Balaban J connectivity index is 1.64. The summed E-state index contributed by atoms with van der Waals surface area (Å²) in [5.41, 5.74) is 2.78. The molecule has 0 amide bonds. The molecule has 2 rings (SSSR count). The molecule has 1 nitrogen and oxygen atoms in total. The van der Waals surface area contributed by atoms with Gasteiger partial charge in [-0.05, 0) is 67.9 Å². The topological polar surface area (TPSA) is 9.23 Å². The van der Waals surface area contributed by atoms with Crippen molar-refractivity contribution in [2.24, 2.45) is 11.8 Å². The summed E-state index contributed by atoms with van der Waals surface area (Å²) in [7, 11) is 0. The van der Waals surface area contributed by atoms with Gasteiger partial charge in [-0.15, -0.1) is 6.58 Å². The average Bonchev–Trinajstić information content (AvgIpc) is 2.61. The molecule has 1 aliphatic rings. The van der Waals surface area contributed by atoms with E-state index < -0.39 is 0 Å². The van der Waals surface area contributed by atoms with Crippen LogP contribution in [-0.2, 0) is 17.8 Å². The normalized spacial score (nSPS) is 21.3. The quantitative estimate of drug-likeness (QED) is 0.363. The molecule has 0 N–H and O–H groups in total. The molecular formula is C22H34O. The fraction of sp³-hybridized carbons (Fsp3) is 0.636. The Bertz CT molecular complexity index is 426. The van der Waals surface area contributed by atoms with E-state index in [0.717, 1.165) is 25.0 Å². The second kappa shape index (κ2) is 10.6. The molecule has 0 unspecified atom stereocenters. The number of rotatable bonds is 10. The van der Waals surface area contributed by atoms with Crippen LogP contribution < -0.4 is 0 Å². The lowest BCUT2D eigenvalue weighted by atomic mass is 9.79. The van der Waals surface area contributed by atoms with Crippen LogP contribution in [0.25, 0.3) is 0 Å². The maximum Gasteiger partial charge on any atom is 0.0716 e. The molecular weight excluding hydrogens is 280 g/mol. The lowest BCUT2D eigenvalue weighted by molar-refractivity contribution is 0.117. The SMILES string of the molecule is C=C[C@H]1CC[C@H](CCc2ccc(COCCCCC)cc2)CC1. The highest BCUT2D eigenvalue weighted by Crippen LogP contribution is 2.32. The molecule has 1 aromatic rings. The van der Waals surface area contributed by atoms with Crippen LogP contribution in [0.5, 0.6) is 0 Å². The molecule has 0 spiro atoms. The maximum absolute atomic E-state index is 5.73. The van der Waals surface area contributed by atoms with Crippen LogP contribution in [0.4, 0.5) is 0 Å². The van der Waals surface area contributed by atoms with Gasteiger partial charge in [-0.2, -0.15) is 0 Å². The third kappa shape index (κ3) is 6.91. The number of hydrogen-bond donors (Lipinski definition) is 0. The van der Waals surface area contributed by atoms with Gasteiger partial charge in [0.2, 0.25) is 0 Å². The molecule has 1 aliphatic carbocycles. The van der Waals surface area contributed by atoms with Crippen LogP contribution in [0.15, 0.2) is 36.9 Å². The van der Waals surface area contributed by atoms with Gasteiger partial charge in [0, 0.05) is 6.61 Å². The Hall–Kier alpha value is -1.08. The van der Waals surface area contributed by atoms with Gasteiger partial charge in [0.15, 0.2) is 0 Å². The maximum atomic E-state index is 5.73. The zero-order chi connectivity index (χ0) is 16.3. The van der Waals surface area contributed by atoms with Crippen LogP contribution in [-0.4, -0.2) is 6.61 Å². The number of allylic oxidation sites excluding steroid dienone is 1. The van der Waals surface area contributed by atoms with Crippen LogP contribution in [0.1, 0.15) is 69.4 Å². The summed E-state index contributed by atoms with van der Waals surface area (Å²) >= 11 is 0. The van der Waals surface area contributed by atoms with Gasteiger partial charge >= 0.3 is 0 Å². The zero-order valence-corrected chi connectivity index (χ0v) is 14.9. The Labute approximate surface area is 143 Å². The fourth-order valence-corrected chi connectivity index (χ4v) is 3.53. The van der Waals surface area contributed by atoms with Crippen LogP contribution in [0.2, 0.25) is 0 Å². The highest BCUT2D eigenvalue weighted by Gasteiger charge is 2.18.